The lowest BCUT2D eigenvalue weighted by molar-refractivity contribution is 0.450. The molecule has 0 unspecified atom stereocenters. The summed E-state index contributed by atoms with van der Waals surface area (Å²) in [5.74, 6) is 0. The number of hydrogen-bond acceptors (Lipinski definition) is 5. The lowest BCUT2D eigenvalue weighted by Crippen LogP contribution is -2.46. The lowest BCUT2D eigenvalue weighted by Gasteiger charge is -2.21. The molecule has 1 aliphatic heterocycles. The van der Waals surface area contributed by atoms with Crippen molar-refractivity contribution in [3.05, 3.63) is 29.8 Å². The van der Waals surface area contributed by atoms with Crippen molar-refractivity contribution in [2.75, 3.05) is 51.5 Å². The Bertz CT molecular complexity index is 353. The fourth-order valence-electron chi connectivity index (χ4n) is 2.40. The second-order valence-corrected chi connectivity index (χ2v) is 5.30. The zero-order valence-electron chi connectivity index (χ0n) is 12.1. The highest BCUT2D eigenvalue weighted by atomic mass is 15.0. The van der Waals surface area contributed by atoms with Gasteiger partial charge < -0.3 is 27.0 Å². The van der Waals surface area contributed by atoms with Gasteiger partial charge >= 0.3 is 0 Å². The van der Waals surface area contributed by atoms with Gasteiger partial charge in [0.15, 0.2) is 0 Å². The Morgan fingerprint density at radius 3 is 2.15 bits per heavy atom. The second-order valence-electron chi connectivity index (χ2n) is 5.30. The van der Waals surface area contributed by atoms with Gasteiger partial charge in [-0.05, 0) is 24.1 Å². The van der Waals surface area contributed by atoms with E-state index in [1.165, 1.54) is 5.56 Å². The molecule has 5 nitrogen and oxygen atoms in total. The Morgan fingerprint density at radius 1 is 0.850 bits per heavy atom. The maximum atomic E-state index is 5.73. The van der Waals surface area contributed by atoms with Crippen molar-refractivity contribution in [1.29, 1.82) is 0 Å². The summed E-state index contributed by atoms with van der Waals surface area (Å²) in [7, 11) is 0. The first-order valence-electron chi connectivity index (χ1n) is 7.54. The van der Waals surface area contributed by atoms with Crippen molar-refractivity contribution in [2.24, 2.45) is 0 Å². The molecule has 0 saturated carbocycles. The van der Waals surface area contributed by atoms with Gasteiger partial charge in [0.2, 0.25) is 0 Å². The van der Waals surface area contributed by atoms with E-state index in [1.54, 1.807) is 0 Å². The third-order valence-electron chi connectivity index (χ3n) is 3.54. The molecule has 1 heterocycles. The van der Waals surface area contributed by atoms with Gasteiger partial charge in [-0.2, -0.15) is 0 Å². The molecule has 20 heavy (non-hydrogen) atoms. The molecule has 2 rings (SSSR count). The van der Waals surface area contributed by atoms with E-state index in [0.717, 1.165) is 57.9 Å². The molecule has 1 saturated heterocycles. The summed E-state index contributed by atoms with van der Waals surface area (Å²) in [6.07, 6.45) is 1.03. The average Bonchev–Trinajstić information content (AvgIpc) is 2.44. The monoisotopic (exact) mass is 277 g/mol. The van der Waals surface area contributed by atoms with Crippen LogP contribution in [-0.2, 0) is 6.42 Å². The molecular weight excluding hydrogens is 250 g/mol. The van der Waals surface area contributed by atoms with E-state index in [9.17, 15) is 0 Å². The van der Waals surface area contributed by atoms with Crippen molar-refractivity contribution in [2.45, 2.75) is 12.5 Å². The van der Waals surface area contributed by atoms with Gasteiger partial charge in [0, 0.05) is 57.5 Å². The van der Waals surface area contributed by atoms with Gasteiger partial charge in [-0.25, -0.2) is 0 Å². The van der Waals surface area contributed by atoms with E-state index in [4.69, 9.17) is 5.73 Å². The summed E-state index contributed by atoms with van der Waals surface area (Å²) in [6, 6.07) is 8.65. The average molecular weight is 277 g/mol. The van der Waals surface area contributed by atoms with Crippen molar-refractivity contribution in [1.82, 2.24) is 21.3 Å². The van der Waals surface area contributed by atoms with Crippen LogP contribution in [-0.4, -0.2) is 51.9 Å². The summed E-state index contributed by atoms with van der Waals surface area (Å²) < 4.78 is 0. The predicted molar refractivity (Wildman–Crippen MR) is 85.0 cm³/mol. The van der Waals surface area contributed by atoms with E-state index in [1.807, 2.05) is 12.1 Å². The molecule has 1 fully saturated rings. The number of rotatable bonds is 2. The van der Waals surface area contributed by atoms with Gasteiger partial charge in [-0.15, -0.1) is 0 Å². The Kier molecular flexibility index (Phi) is 6.80. The number of anilines is 1. The number of nitrogen functional groups attached to an aromatic ring is 1. The Morgan fingerprint density at radius 2 is 1.45 bits per heavy atom. The van der Waals surface area contributed by atoms with E-state index in [2.05, 4.69) is 33.4 Å². The number of benzene rings is 1. The van der Waals surface area contributed by atoms with Gasteiger partial charge in [-0.1, -0.05) is 12.1 Å². The summed E-state index contributed by atoms with van der Waals surface area (Å²) in [5, 5.41) is 14.0. The highest BCUT2D eigenvalue weighted by molar-refractivity contribution is 5.39. The van der Waals surface area contributed by atoms with Gasteiger partial charge in [0.25, 0.3) is 0 Å². The molecule has 1 aromatic rings. The van der Waals surface area contributed by atoms with Crippen LogP contribution < -0.4 is 27.0 Å². The van der Waals surface area contributed by atoms with Crippen LogP contribution in [0, 0.1) is 0 Å². The molecule has 1 aliphatic rings. The van der Waals surface area contributed by atoms with Crippen molar-refractivity contribution >= 4 is 5.69 Å². The molecule has 112 valence electrons. The zero-order chi connectivity index (χ0) is 14.0. The number of hydrogen-bond donors (Lipinski definition) is 5. The van der Waals surface area contributed by atoms with E-state index in [0.29, 0.717) is 6.04 Å². The second kappa shape index (κ2) is 8.92. The van der Waals surface area contributed by atoms with Crippen LogP contribution in [0.25, 0.3) is 0 Å². The smallest absolute Gasteiger partial charge is 0.0314 e. The third-order valence-corrected chi connectivity index (χ3v) is 3.54. The van der Waals surface area contributed by atoms with E-state index < -0.39 is 0 Å². The largest absolute Gasteiger partial charge is 0.399 e. The quantitative estimate of drug-likeness (QED) is 0.474. The van der Waals surface area contributed by atoms with Crippen molar-refractivity contribution in [3.63, 3.8) is 0 Å². The first-order chi connectivity index (χ1) is 9.84. The highest BCUT2D eigenvalue weighted by Gasteiger charge is 2.09. The topological polar surface area (TPSA) is 74.1 Å². The fourth-order valence-corrected chi connectivity index (χ4v) is 2.40. The SMILES string of the molecule is Nc1ccc(C[C@H]2CNCCNCCNCCN2)cc1. The number of nitrogens with two attached hydrogens (primary N) is 1. The molecule has 0 spiro atoms. The maximum absolute atomic E-state index is 5.73. The Labute approximate surface area is 121 Å². The highest BCUT2D eigenvalue weighted by Crippen LogP contribution is 2.07. The molecular formula is C15H27N5. The van der Waals surface area contributed by atoms with Crippen LogP contribution in [0.1, 0.15) is 5.56 Å². The fraction of sp³-hybridized carbons (Fsp3) is 0.600. The normalized spacial score (nSPS) is 22.7. The molecule has 1 aromatic carbocycles. The molecule has 6 N–H and O–H groups in total. The minimum atomic E-state index is 0.458. The Balaban J connectivity index is 1.83. The van der Waals surface area contributed by atoms with Crippen LogP contribution in [0.3, 0.4) is 0 Å². The molecule has 0 radical (unpaired) electrons. The third kappa shape index (κ3) is 5.88. The molecule has 0 bridgehead atoms. The summed E-state index contributed by atoms with van der Waals surface area (Å²) >= 11 is 0. The van der Waals surface area contributed by atoms with Crippen LogP contribution in [0.2, 0.25) is 0 Å². The lowest BCUT2D eigenvalue weighted by atomic mass is 10.1. The first kappa shape index (κ1) is 15.3. The standard InChI is InChI=1S/C15H27N5/c16-14-3-1-13(2-4-14)11-15-12-19-8-7-17-5-6-18-9-10-20-15/h1-4,15,17-20H,5-12,16H2/t15-/m0/s1. The first-order valence-corrected chi connectivity index (χ1v) is 7.54. The van der Waals surface area contributed by atoms with Crippen LogP contribution in [0.15, 0.2) is 24.3 Å². The summed E-state index contributed by atoms with van der Waals surface area (Å²) in [4.78, 5) is 0. The number of nitrogens with one attached hydrogen (secondary N) is 4. The van der Waals surface area contributed by atoms with Gasteiger partial charge in [0.1, 0.15) is 0 Å². The zero-order valence-corrected chi connectivity index (χ0v) is 12.1. The Hall–Kier alpha value is -1.14. The predicted octanol–water partition coefficient (Wildman–Crippen LogP) is -0.448. The van der Waals surface area contributed by atoms with Crippen LogP contribution >= 0.6 is 0 Å². The molecule has 0 aromatic heterocycles. The molecule has 1 atom stereocenters. The summed E-state index contributed by atoms with van der Waals surface area (Å²) in [5.41, 5.74) is 7.89. The van der Waals surface area contributed by atoms with Crippen LogP contribution in [0.4, 0.5) is 5.69 Å². The van der Waals surface area contributed by atoms with Gasteiger partial charge in [-0.3, -0.25) is 0 Å². The van der Waals surface area contributed by atoms with Crippen molar-refractivity contribution in [3.8, 4) is 0 Å². The van der Waals surface area contributed by atoms with Crippen molar-refractivity contribution < 1.29 is 0 Å². The minimum Gasteiger partial charge on any atom is -0.399 e. The summed E-state index contributed by atoms with van der Waals surface area (Å²) in [6.45, 7) is 7.12. The molecule has 0 aliphatic carbocycles. The minimum absolute atomic E-state index is 0.458. The van der Waals surface area contributed by atoms with Gasteiger partial charge in [0.05, 0.1) is 0 Å². The molecule has 0 amide bonds. The van der Waals surface area contributed by atoms with Crippen LogP contribution in [0.5, 0.6) is 0 Å². The van der Waals surface area contributed by atoms with E-state index >= 15 is 0 Å². The molecule has 5 heteroatoms. The van der Waals surface area contributed by atoms with E-state index in [-0.39, 0.29) is 0 Å². The maximum Gasteiger partial charge on any atom is 0.0314 e.